The summed E-state index contributed by atoms with van der Waals surface area (Å²) in [5.41, 5.74) is 2.74. The van der Waals surface area contributed by atoms with Crippen LogP contribution in [0.15, 0.2) is 48.5 Å². The van der Waals surface area contributed by atoms with Crippen molar-refractivity contribution < 1.29 is 9.47 Å². The van der Waals surface area contributed by atoms with Crippen LogP contribution in [-0.4, -0.2) is 14.2 Å². The molecule has 0 saturated carbocycles. The van der Waals surface area contributed by atoms with Crippen LogP contribution < -0.4 is 9.47 Å². The molecule has 0 radical (unpaired) electrons. The Morgan fingerprint density at radius 2 is 0.955 bits per heavy atom. The summed E-state index contributed by atoms with van der Waals surface area (Å²) in [5.74, 6) is 3.11. The van der Waals surface area contributed by atoms with Crippen LogP contribution in [0.2, 0.25) is 0 Å². The summed E-state index contributed by atoms with van der Waals surface area (Å²) in [6, 6.07) is 16.8. The molecule has 0 aliphatic heterocycles. The molecule has 0 aliphatic carbocycles. The van der Waals surface area contributed by atoms with Gasteiger partial charge in [-0.3, -0.25) is 0 Å². The minimum absolute atomic E-state index is 0.635. The molecule has 0 spiro atoms. The van der Waals surface area contributed by atoms with Crippen LogP contribution in [-0.2, 0) is 12.8 Å². The quantitative estimate of drug-likeness (QED) is 0.733. The molecule has 0 amide bonds. The first-order valence-corrected chi connectivity index (χ1v) is 7.88. The Morgan fingerprint density at radius 1 is 0.636 bits per heavy atom. The van der Waals surface area contributed by atoms with Crippen molar-refractivity contribution in [3.63, 3.8) is 0 Å². The predicted octanol–water partition coefficient (Wildman–Crippen LogP) is 4.76. The van der Waals surface area contributed by atoms with Crippen molar-refractivity contribution in [1.29, 1.82) is 0 Å². The Labute approximate surface area is 134 Å². The summed E-state index contributed by atoms with van der Waals surface area (Å²) in [4.78, 5) is 0. The standard InChI is InChI=1S/C20H26O2/c1-15(13-17-5-9-19(21-3)10-6-17)16(2)14-18-7-11-20(22-4)12-8-18/h5-12,15-16H,13-14H2,1-4H3/t15-,16+. The molecule has 0 bridgehead atoms. The van der Waals surface area contributed by atoms with E-state index in [1.807, 2.05) is 24.3 Å². The molecular weight excluding hydrogens is 272 g/mol. The SMILES string of the molecule is COc1ccc(C[C@@H](C)[C@@H](C)Cc2ccc(OC)cc2)cc1. The number of hydrogen-bond donors (Lipinski definition) is 0. The van der Waals surface area contributed by atoms with Gasteiger partial charge in [0, 0.05) is 0 Å². The lowest BCUT2D eigenvalue weighted by molar-refractivity contribution is 0.382. The van der Waals surface area contributed by atoms with Crippen molar-refractivity contribution in [1.82, 2.24) is 0 Å². The maximum absolute atomic E-state index is 5.21. The number of rotatable bonds is 7. The lowest BCUT2D eigenvalue weighted by Gasteiger charge is -2.20. The van der Waals surface area contributed by atoms with Crippen LogP contribution in [0.25, 0.3) is 0 Å². The van der Waals surface area contributed by atoms with E-state index in [2.05, 4.69) is 38.1 Å². The van der Waals surface area contributed by atoms with Gasteiger partial charge < -0.3 is 9.47 Å². The third-order valence-corrected chi connectivity index (χ3v) is 4.40. The second-order valence-corrected chi connectivity index (χ2v) is 6.06. The summed E-state index contributed by atoms with van der Waals surface area (Å²) in [7, 11) is 3.41. The molecule has 0 N–H and O–H groups in total. The zero-order valence-corrected chi connectivity index (χ0v) is 14.0. The van der Waals surface area contributed by atoms with Crippen LogP contribution in [0.3, 0.4) is 0 Å². The molecule has 2 atom stereocenters. The van der Waals surface area contributed by atoms with Gasteiger partial charge in [-0.2, -0.15) is 0 Å². The van der Waals surface area contributed by atoms with Crippen LogP contribution in [0.4, 0.5) is 0 Å². The van der Waals surface area contributed by atoms with Gasteiger partial charge >= 0.3 is 0 Å². The molecule has 118 valence electrons. The Morgan fingerprint density at radius 3 is 1.23 bits per heavy atom. The fourth-order valence-electron chi connectivity index (χ4n) is 2.67. The first-order chi connectivity index (χ1) is 10.6. The Kier molecular flexibility index (Phi) is 5.88. The van der Waals surface area contributed by atoms with E-state index in [0.717, 1.165) is 24.3 Å². The van der Waals surface area contributed by atoms with Gasteiger partial charge in [0.25, 0.3) is 0 Å². The third-order valence-electron chi connectivity index (χ3n) is 4.40. The smallest absolute Gasteiger partial charge is 0.118 e. The maximum Gasteiger partial charge on any atom is 0.118 e. The zero-order valence-electron chi connectivity index (χ0n) is 14.0. The first-order valence-electron chi connectivity index (χ1n) is 7.88. The van der Waals surface area contributed by atoms with E-state index in [-0.39, 0.29) is 0 Å². The second kappa shape index (κ2) is 7.88. The molecule has 0 fully saturated rings. The normalized spacial score (nSPS) is 13.5. The molecule has 2 nitrogen and oxygen atoms in total. The van der Waals surface area contributed by atoms with Crippen molar-refractivity contribution in [2.75, 3.05) is 14.2 Å². The van der Waals surface area contributed by atoms with Gasteiger partial charge in [-0.05, 0) is 60.1 Å². The third kappa shape index (κ3) is 4.52. The van der Waals surface area contributed by atoms with E-state index in [1.54, 1.807) is 14.2 Å². The molecular formula is C20H26O2. The van der Waals surface area contributed by atoms with Crippen molar-refractivity contribution >= 4 is 0 Å². The highest BCUT2D eigenvalue weighted by atomic mass is 16.5. The Bertz CT molecular complexity index is 504. The van der Waals surface area contributed by atoms with Crippen molar-refractivity contribution in [3.8, 4) is 11.5 Å². The number of benzene rings is 2. The van der Waals surface area contributed by atoms with Crippen molar-refractivity contribution in [3.05, 3.63) is 59.7 Å². The number of ether oxygens (including phenoxy) is 2. The molecule has 0 unspecified atom stereocenters. The molecule has 0 aliphatic rings. The van der Waals surface area contributed by atoms with E-state index in [0.29, 0.717) is 11.8 Å². The van der Waals surface area contributed by atoms with Crippen LogP contribution >= 0.6 is 0 Å². The van der Waals surface area contributed by atoms with E-state index in [4.69, 9.17) is 9.47 Å². The molecule has 22 heavy (non-hydrogen) atoms. The van der Waals surface area contributed by atoms with Gasteiger partial charge in [0.1, 0.15) is 11.5 Å². The molecule has 0 aromatic heterocycles. The molecule has 2 aromatic carbocycles. The fourth-order valence-corrected chi connectivity index (χ4v) is 2.67. The van der Waals surface area contributed by atoms with Crippen molar-refractivity contribution in [2.45, 2.75) is 26.7 Å². The summed E-state index contributed by atoms with van der Waals surface area (Å²) in [6.07, 6.45) is 2.20. The van der Waals surface area contributed by atoms with E-state index < -0.39 is 0 Å². The van der Waals surface area contributed by atoms with Gasteiger partial charge in [-0.15, -0.1) is 0 Å². The summed E-state index contributed by atoms with van der Waals surface area (Å²) < 4.78 is 10.4. The monoisotopic (exact) mass is 298 g/mol. The van der Waals surface area contributed by atoms with E-state index >= 15 is 0 Å². The predicted molar refractivity (Wildman–Crippen MR) is 91.7 cm³/mol. The van der Waals surface area contributed by atoms with Gasteiger partial charge in [-0.25, -0.2) is 0 Å². The minimum atomic E-state index is 0.635. The molecule has 0 saturated heterocycles. The van der Waals surface area contributed by atoms with Crippen LogP contribution in [0.5, 0.6) is 11.5 Å². The Balaban J connectivity index is 1.91. The summed E-state index contributed by atoms with van der Waals surface area (Å²) in [6.45, 7) is 4.66. The zero-order chi connectivity index (χ0) is 15.9. The largest absolute Gasteiger partial charge is 0.497 e. The Hall–Kier alpha value is -1.96. The van der Waals surface area contributed by atoms with Crippen LogP contribution in [0, 0.1) is 11.8 Å². The molecule has 0 heterocycles. The lowest BCUT2D eigenvalue weighted by atomic mass is 9.85. The van der Waals surface area contributed by atoms with Gasteiger partial charge in [0.15, 0.2) is 0 Å². The van der Waals surface area contributed by atoms with Crippen LogP contribution in [0.1, 0.15) is 25.0 Å². The summed E-state index contributed by atoms with van der Waals surface area (Å²) in [5, 5.41) is 0. The average Bonchev–Trinajstić information content (AvgIpc) is 2.56. The second-order valence-electron chi connectivity index (χ2n) is 6.06. The first kappa shape index (κ1) is 16.4. The highest BCUT2D eigenvalue weighted by Crippen LogP contribution is 2.23. The minimum Gasteiger partial charge on any atom is -0.497 e. The van der Waals surface area contributed by atoms with Gasteiger partial charge in [-0.1, -0.05) is 38.1 Å². The average molecular weight is 298 g/mol. The molecule has 2 aromatic rings. The highest BCUT2D eigenvalue weighted by molar-refractivity contribution is 5.28. The number of methoxy groups -OCH3 is 2. The molecule has 2 rings (SSSR count). The van der Waals surface area contributed by atoms with E-state index in [9.17, 15) is 0 Å². The van der Waals surface area contributed by atoms with Gasteiger partial charge in [0.05, 0.1) is 14.2 Å². The van der Waals surface area contributed by atoms with E-state index in [1.165, 1.54) is 11.1 Å². The number of hydrogen-bond acceptors (Lipinski definition) is 2. The highest BCUT2D eigenvalue weighted by Gasteiger charge is 2.13. The fraction of sp³-hybridized carbons (Fsp3) is 0.400. The van der Waals surface area contributed by atoms with Gasteiger partial charge in [0.2, 0.25) is 0 Å². The lowest BCUT2D eigenvalue weighted by Crippen LogP contribution is -2.13. The topological polar surface area (TPSA) is 18.5 Å². The van der Waals surface area contributed by atoms with Crippen molar-refractivity contribution in [2.24, 2.45) is 11.8 Å². The maximum atomic E-state index is 5.21. The molecule has 2 heteroatoms. The summed E-state index contributed by atoms with van der Waals surface area (Å²) >= 11 is 0.